The molecule has 14 heavy (non-hydrogen) atoms. The molecule has 0 unspecified atom stereocenters. The molecule has 72 valence electrons. The van der Waals surface area contributed by atoms with E-state index in [0.29, 0.717) is 5.69 Å². The van der Waals surface area contributed by atoms with E-state index in [9.17, 15) is 4.79 Å². The van der Waals surface area contributed by atoms with Crippen molar-refractivity contribution in [3.63, 3.8) is 0 Å². The van der Waals surface area contributed by atoms with Crippen LogP contribution in [0.5, 0.6) is 0 Å². The maximum absolute atomic E-state index is 10.6. The van der Waals surface area contributed by atoms with Gasteiger partial charge in [0.1, 0.15) is 5.69 Å². The van der Waals surface area contributed by atoms with Gasteiger partial charge in [-0.1, -0.05) is 0 Å². The number of imidazole rings is 1. The summed E-state index contributed by atoms with van der Waals surface area (Å²) >= 11 is 1.70. The lowest BCUT2D eigenvalue weighted by Crippen LogP contribution is -2.01. The Labute approximate surface area is 86.0 Å². The number of thiophene rings is 1. The molecular formula is C10H10N2OS. The van der Waals surface area contributed by atoms with Crippen LogP contribution in [0.25, 0.3) is 0 Å². The highest BCUT2D eigenvalue weighted by Crippen LogP contribution is 2.17. The Hall–Kier alpha value is -1.42. The molecule has 2 rings (SSSR count). The van der Waals surface area contributed by atoms with Crippen LogP contribution in [0.4, 0.5) is 0 Å². The summed E-state index contributed by atoms with van der Waals surface area (Å²) in [6.45, 7) is 2.81. The summed E-state index contributed by atoms with van der Waals surface area (Å²) in [5, 5.41) is 2.06. The molecule has 0 aliphatic rings. The smallest absolute Gasteiger partial charge is 0.168 e. The Morgan fingerprint density at radius 3 is 3.14 bits per heavy atom. The summed E-state index contributed by atoms with van der Waals surface area (Å²) in [5.41, 5.74) is 1.89. The Kier molecular flexibility index (Phi) is 2.45. The van der Waals surface area contributed by atoms with Gasteiger partial charge in [0.2, 0.25) is 0 Å². The van der Waals surface area contributed by atoms with Gasteiger partial charge in [-0.25, -0.2) is 4.98 Å². The van der Waals surface area contributed by atoms with Crippen LogP contribution in [-0.2, 0) is 6.54 Å². The van der Waals surface area contributed by atoms with E-state index >= 15 is 0 Å². The lowest BCUT2D eigenvalue weighted by molar-refractivity contribution is 0.111. The van der Waals surface area contributed by atoms with E-state index in [-0.39, 0.29) is 0 Å². The normalized spacial score (nSPS) is 10.4. The number of aromatic nitrogens is 2. The highest BCUT2D eigenvalue weighted by molar-refractivity contribution is 7.10. The average Bonchev–Trinajstić information content (AvgIpc) is 2.77. The largest absolute Gasteiger partial charge is 0.323 e. The zero-order valence-corrected chi connectivity index (χ0v) is 8.62. The zero-order chi connectivity index (χ0) is 9.97. The van der Waals surface area contributed by atoms with Gasteiger partial charge < -0.3 is 4.57 Å². The number of carbonyl (C=O) groups excluding carboxylic acids is 1. The Bertz CT molecular complexity index is 444. The molecule has 0 spiro atoms. The van der Waals surface area contributed by atoms with E-state index in [0.717, 1.165) is 12.8 Å². The SMILES string of the molecule is Cc1ccsc1Cn1cncc1C=O. The lowest BCUT2D eigenvalue weighted by atomic mass is 10.3. The van der Waals surface area contributed by atoms with Crippen LogP contribution in [-0.4, -0.2) is 15.8 Å². The molecule has 0 aliphatic carbocycles. The molecule has 2 aromatic heterocycles. The summed E-state index contributed by atoms with van der Waals surface area (Å²) < 4.78 is 1.85. The van der Waals surface area contributed by atoms with Crippen molar-refractivity contribution in [2.75, 3.05) is 0 Å². The fourth-order valence-corrected chi connectivity index (χ4v) is 2.19. The summed E-state index contributed by atoms with van der Waals surface area (Å²) in [5.74, 6) is 0. The van der Waals surface area contributed by atoms with Gasteiger partial charge in [0.15, 0.2) is 6.29 Å². The molecule has 0 bridgehead atoms. The predicted molar refractivity (Wildman–Crippen MR) is 55.8 cm³/mol. The van der Waals surface area contributed by atoms with Gasteiger partial charge in [-0.2, -0.15) is 0 Å². The van der Waals surface area contributed by atoms with Crippen molar-refractivity contribution in [2.45, 2.75) is 13.5 Å². The van der Waals surface area contributed by atoms with Gasteiger partial charge in [0.25, 0.3) is 0 Å². The second kappa shape index (κ2) is 3.75. The number of hydrogen-bond donors (Lipinski definition) is 0. The molecule has 0 N–H and O–H groups in total. The summed E-state index contributed by atoms with van der Waals surface area (Å²) in [6.07, 6.45) is 4.09. The van der Waals surface area contributed by atoms with E-state index in [1.165, 1.54) is 10.4 Å². The van der Waals surface area contributed by atoms with Crippen molar-refractivity contribution in [1.82, 2.24) is 9.55 Å². The van der Waals surface area contributed by atoms with Crippen LogP contribution < -0.4 is 0 Å². The first-order valence-electron chi connectivity index (χ1n) is 4.29. The Morgan fingerprint density at radius 2 is 2.50 bits per heavy atom. The monoisotopic (exact) mass is 206 g/mol. The third-order valence-corrected chi connectivity index (χ3v) is 3.16. The van der Waals surface area contributed by atoms with Crippen LogP contribution in [0.1, 0.15) is 20.9 Å². The fraction of sp³-hybridized carbons (Fsp3) is 0.200. The molecule has 0 aromatic carbocycles. The zero-order valence-electron chi connectivity index (χ0n) is 7.80. The molecule has 0 saturated heterocycles. The number of hydrogen-bond acceptors (Lipinski definition) is 3. The van der Waals surface area contributed by atoms with Gasteiger partial charge in [0, 0.05) is 4.88 Å². The van der Waals surface area contributed by atoms with Gasteiger partial charge in [-0.15, -0.1) is 11.3 Å². The van der Waals surface area contributed by atoms with Crippen LogP contribution in [0.2, 0.25) is 0 Å². The van der Waals surface area contributed by atoms with Crippen molar-refractivity contribution < 1.29 is 4.79 Å². The quantitative estimate of drug-likeness (QED) is 0.721. The van der Waals surface area contributed by atoms with E-state index in [2.05, 4.69) is 23.4 Å². The van der Waals surface area contributed by atoms with Gasteiger partial charge >= 0.3 is 0 Å². The molecule has 0 saturated carbocycles. The number of aldehydes is 1. The standard InChI is InChI=1S/C10H10N2OS/c1-8-2-3-14-10(8)5-12-7-11-4-9(12)6-13/h2-4,6-7H,5H2,1H3. The Balaban J connectivity index is 2.27. The second-order valence-corrected chi connectivity index (χ2v) is 4.09. The maximum atomic E-state index is 10.6. The minimum atomic E-state index is 0.623. The fourth-order valence-electron chi connectivity index (χ4n) is 1.28. The summed E-state index contributed by atoms with van der Waals surface area (Å²) in [7, 11) is 0. The molecule has 0 fully saturated rings. The molecule has 0 aliphatic heterocycles. The maximum Gasteiger partial charge on any atom is 0.168 e. The van der Waals surface area contributed by atoms with E-state index in [1.807, 2.05) is 4.57 Å². The first-order chi connectivity index (χ1) is 6.81. The van der Waals surface area contributed by atoms with Gasteiger partial charge in [-0.05, 0) is 23.9 Å². The third kappa shape index (κ3) is 1.61. The molecule has 2 heterocycles. The highest BCUT2D eigenvalue weighted by Gasteiger charge is 2.04. The number of rotatable bonds is 3. The van der Waals surface area contributed by atoms with Gasteiger partial charge in [0.05, 0.1) is 19.1 Å². The van der Waals surface area contributed by atoms with Crippen molar-refractivity contribution in [3.8, 4) is 0 Å². The minimum absolute atomic E-state index is 0.623. The molecule has 0 amide bonds. The van der Waals surface area contributed by atoms with Crippen molar-refractivity contribution in [2.24, 2.45) is 0 Å². The minimum Gasteiger partial charge on any atom is -0.323 e. The molecule has 0 radical (unpaired) electrons. The number of nitrogens with zero attached hydrogens (tertiary/aromatic N) is 2. The summed E-state index contributed by atoms with van der Waals surface area (Å²) in [6, 6.07) is 2.08. The van der Waals surface area contributed by atoms with Crippen molar-refractivity contribution >= 4 is 17.6 Å². The van der Waals surface area contributed by atoms with Crippen molar-refractivity contribution in [1.29, 1.82) is 0 Å². The molecule has 3 nitrogen and oxygen atoms in total. The van der Waals surface area contributed by atoms with Crippen LogP contribution in [0, 0.1) is 6.92 Å². The Morgan fingerprint density at radius 1 is 1.64 bits per heavy atom. The topological polar surface area (TPSA) is 34.9 Å². The predicted octanol–water partition coefficient (Wildman–Crippen LogP) is 2.11. The number of carbonyl (C=O) groups is 1. The van der Waals surface area contributed by atoms with Crippen LogP contribution >= 0.6 is 11.3 Å². The molecule has 4 heteroatoms. The molecule has 2 aromatic rings. The summed E-state index contributed by atoms with van der Waals surface area (Å²) in [4.78, 5) is 15.9. The first-order valence-corrected chi connectivity index (χ1v) is 5.17. The van der Waals surface area contributed by atoms with Crippen LogP contribution in [0.3, 0.4) is 0 Å². The van der Waals surface area contributed by atoms with E-state index < -0.39 is 0 Å². The molecular weight excluding hydrogens is 196 g/mol. The first kappa shape index (κ1) is 9.15. The lowest BCUT2D eigenvalue weighted by Gasteiger charge is -2.02. The van der Waals surface area contributed by atoms with Crippen molar-refractivity contribution in [3.05, 3.63) is 40.1 Å². The second-order valence-electron chi connectivity index (χ2n) is 3.09. The number of aryl methyl sites for hydroxylation is 1. The van der Waals surface area contributed by atoms with Gasteiger partial charge in [-0.3, -0.25) is 4.79 Å². The van der Waals surface area contributed by atoms with E-state index in [1.54, 1.807) is 23.9 Å². The van der Waals surface area contributed by atoms with E-state index in [4.69, 9.17) is 0 Å². The average molecular weight is 206 g/mol. The van der Waals surface area contributed by atoms with Crippen LogP contribution in [0.15, 0.2) is 24.0 Å². The highest BCUT2D eigenvalue weighted by atomic mass is 32.1. The third-order valence-electron chi connectivity index (χ3n) is 2.15. The molecule has 0 atom stereocenters.